The van der Waals surface area contributed by atoms with Gasteiger partial charge in [0.25, 0.3) is 0 Å². The van der Waals surface area contributed by atoms with Crippen LogP contribution in [-0.4, -0.2) is 0 Å². The lowest BCUT2D eigenvalue weighted by Crippen LogP contribution is -1.99. The van der Waals surface area contributed by atoms with Crippen LogP contribution < -0.4 is 0 Å². The Kier molecular flexibility index (Phi) is 3.94. The highest BCUT2D eigenvalue weighted by Gasteiger charge is 2.09. The molecule has 1 aromatic rings. The molecule has 0 heteroatoms. The van der Waals surface area contributed by atoms with Gasteiger partial charge in [0.2, 0.25) is 0 Å². The maximum absolute atomic E-state index is 2.22. The second-order valence-electron chi connectivity index (χ2n) is 3.82. The summed E-state index contributed by atoms with van der Waals surface area (Å²) < 4.78 is 0. The van der Waals surface area contributed by atoms with E-state index >= 15 is 0 Å². The fraction of sp³-hybridized carbons (Fsp3) is 0.357. The molecule has 0 heterocycles. The third-order valence-electron chi connectivity index (χ3n) is 2.57. The summed E-state index contributed by atoms with van der Waals surface area (Å²) in [4.78, 5) is 0. The Balaban J connectivity index is 2.93. The van der Waals surface area contributed by atoms with Crippen LogP contribution in [0, 0.1) is 19.8 Å². The molecule has 0 spiro atoms. The Labute approximate surface area is 87.7 Å². The van der Waals surface area contributed by atoms with E-state index in [-0.39, 0.29) is 0 Å². The molecule has 1 rings (SSSR count). The quantitative estimate of drug-likeness (QED) is 0.622. The average Bonchev–Trinajstić information content (AvgIpc) is 2.14. The van der Waals surface area contributed by atoms with Gasteiger partial charge in [-0.15, -0.1) is 0 Å². The maximum Gasteiger partial charge on any atom is 0.00617 e. The first-order chi connectivity index (χ1) is 6.66. The van der Waals surface area contributed by atoms with Crippen LogP contribution in [-0.2, 0) is 0 Å². The standard InChI is InChI=1S/C14H19/c1-5-6-8-11(2)14-12(3)9-7-10-13(14)4/h5-7,9-10H,8H2,1-4H3. The largest absolute Gasteiger partial charge is 0.0916 e. The first-order valence-electron chi connectivity index (χ1n) is 5.17. The van der Waals surface area contributed by atoms with Crippen molar-refractivity contribution in [2.24, 2.45) is 0 Å². The van der Waals surface area contributed by atoms with E-state index in [1.165, 1.54) is 22.6 Å². The molecule has 0 aliphatic heterocycles. The number of hydrogen-bond acceptors (Lipinski definition) is 0. The summed E-state index contributed by atoms with van der Waals surface area (Å²) in [6.07, 6.45) is 5.38. The topological polar surface area (TPSA) is 0 Å². The molecule has 1 aromatic carbocycles. The Morgan fingerprint density at radius 1 is 1.21 bits per heavy atom. The van der Waals surface area contributed by atoms with Gasteiger partial charge in [-0.05, 0) is 43.9 Å². The molecule has 0 fully saturated rings. The number of rotatable bonds is 3. The summed E-state index contributed by atoms with van der Waals surface area (Å²) >= 11 is 0. The Morgan fingerprint density at radius 3 is 2.29 bits per heavy atom. The van der Waals surface area contributed by atoms with Gasteiger partial charge in [0, 0.05) is 5.92 Å². The minimum atomic E-state index is 1.06. The average molecular weight is 187 g/mol. The molecule has 0 saturated carbocycles. The number of aryl methyl sites for hydroxylation is 2. The molecule has 0 amide bonds. The summed E-state index contributed by atoms with van der Waals surface area (Å²) in [5.74, 6) is 1.46. The van der Waals surface area contributed by atoms with Crippen LogP contribution in [0.5, 0.6) is 0 Å². The van der Waals surface area contributed by atoms with E-state index in [0.717, 1.165) is 6.42 Å². The van der Waals surface area contributed by atoms with Crippen molar-refractivity contribution < 1.29 is 0 Å². The van der Waals surface area contributed by atoms with Crippen molar-refractivity contribution in [2.75, 3.05) is 0 Å². The number of benzene rings is 1. The number of allylic oxidation sites excluding steroid dienone is 2. The van der Waals surface area contributed by atoms with Crippen LogP contribution >= 0.6 is 0 Å². The van der Waals surface area contributed by atoms with Gasteiger partial charge in [-0.1, -0.05) is 37.3 Å². The van der Waals surface area contributed by atoms with Gasteiger partial charge in [0.1, 0.15) is 0 Å². The molecular formula is C14H19. The smallest absolute Gasteiger partial charge is 0.00617 e. The molecule has 0 saturated heterocycles. The van der Waals surface area contributed by atoms with E-state index < -0.39 is 0 Å². The van der Waals surface area contributed by atoms with E-state index in [0.29, 0.717) is 0 Å². The fourth-order valence-electron chi connectivity index (χ4n) is 1.88. The maximum atomic E-state index is 2.22. The third-order valence-corrected chi connectivity index (χ3v) is 2.57. The number of hydrogen-bond donors (Lipinski definition) is 0. The van der Waals surface area contributed by atoms with Crippen molar-refractivity contribution >= 4 is 0 Å². The molecular weight excluding hydrogens is 168 g/mol. The summed E-state index contributed by atoms with van der Waals surface area (Å²) in [6.45, 7) is 8.65. The van der Waals surface area contributed by atoms with Gasteiger partial charge in [-0.25, -0.2) is 0 Å². The molecule has 0 unspecified atom stereocenters. The first-order valence-corrected chi connectivity index (χ1v) is 5.17. The normalized spacial score (nSPS) is 11.5. The Morgan fingerprint density at radius 2 is 1.79 bits per heavy atom. The van der Waals surface area contributed by atoms with Crippen molar-refractivity contribution in [2.45, 2.75) is 34.1 Å². The second kappa shape index (κ2) is 4.99. The highest BCUT2D eigenvalue weighted by atomic mass is 14.1. The lowest BCUT2D eigenvalue weighted by Gasteiger charge is -2.15. The zero-order chi connectivity index (χ0) is 10.6. The SMILES string of the molecule is CC=CC[C](C)c1c(C)cccc1C. The molecule has 0 aromatic heterocycles. The van der Waals surface area contributed by atoms with Gasteiger partial charge in [-0.2, -0.15) is 0 Å². The van der Waals surface area contributed by atoms with Crippen LogP contribution in [0.2, 0.25) is 0 Å². The van der Waals surface area contributed by atoms with E-state index in [4.69, 9.17) is 0 Å². The predicted octanol–water partition coefficient (Wildman–Crippen LogP) is 4.21. The second-order valence-corrected chi connectivity index (χ2v) is 3.82. The lowest BCUT2D eigenvalue weighted by atomic mass is 9.90. The van der Waals surface area contributed by atoms with Crippen molar-refractivity contribution in [3.05, 3.63) is 53.0 Å². The highest BCUT2D eigenvalue weighted by molar-refractivity contribution is 5.43. The van der Waals surface area contributed by atoms with Crippen molar-refractivity contribution in [3.8, 4) is 0 Å². The van der Waals surface area contributed by atoms with Gasteiger partial charge in [0.15, 0.2) is 0 Å². The van der Waals surface area contributed by atoms with Gasteiger partial charge in [0.05, 0.1) is 0 Å². The summed E-state index contributed by atoms with van der Waals surface area (Å²) in [5, 5.41) is 0. The molecule has 0 N–H and O–H groups in total. The van der Waals surface area contributed by atoms with Gasteiger partial charge >= 0.3 is 0 Å². The summed E-state index contributed by atoms with van der Waals surface area (Å²) in [5.41, 5.74) is 4.20. The Hall–Kier alpha value is -1.04. The first kappa shape index (κ1) is 11.0. The monoisotopic (exact) mass is 187 g/mol. The minimum absolute atomic E-state index is 1.06. The van der Waals surface area contributed by atoms with Crippen molar-refractivity contribution in [1.82, 2.24) is 0 Å². The molecule has 0 aliphatic carbocycles. The molecule has 1 radical (unpaired) electrons. The third kappa shape index (κ3) is 2.47. The van der Waals surface area contributed by atoms with Crippen LogP contribution in [0.1, 0.15) is 37.0 Å². The zero-order valence-corrected chi connectivity index (χ0v) is 9.59. The van der Waals surface area contributed by atoms with E-state index in [9.17, 15) is 0 Å². The van der Waals surface area contributed by atoms with Crippen LogP contribution in [0.15, 0.2) is 30.4 Å². The van der Waals surface area contributed by atoms with Gasteiger partial charge in [-0.3, -0.25) is 0 Å². The lowest BCUT2D eigenvalue weighted by molar-refractivity contribution is 1.00. The Bertz CT molecular complexity index is 301. The molecule has 0 aliphatic rings. The predicted molar refractivity (Wildman–Crippen MR) is 63.4 cm³/mol. The fourth-order valence-corrected chi connectivity index (χ4v) is 1.88. The van der Waals surface area contributed by atoms with E-state index in [1.807, 2.05) is 0 Å². The van der Waals surface area contributed by atoms with E-state index in [1.54, 1.807) is 0 Å². The van der Waals surface area contributed by atoms with E-state index in [2.05, 4.69) is 58.0 Å². The molecule has 75 valence electrons. The molecule has 0 bridgehead atoms. The van der Waals surface area contributed by atoms with Crippen molar-refractivity contribution in [3.63, 3.8) is 0 Å². The summed E-state index contributed by atoms with van der Waals surface area (Å²) in [7, 11) is 0. The highest BCUT2D eigenvalue weighted by Crippen LogP contribution is 2.25. The molecule has 0 nitrogen and oxygen atoms in total. The molecule has 0 atom stereocenters. The van der Waals surface area contributed by atoms with Crippen LogP contribution in [0.4, 0.5) is 0 Å². The van der Waals surface area contributed by atoms with Crippen molar-refractivity contribution in [1.29, 1.82) is 0 Å². The van der Waals surface area contributed by atoms with Crippen LogP contribution in [0.25, 0.3) is 0 Å². The zero-order valence-electron chi connectivity index (χ0n) is 9.59. The molecule has 14 heavy (non-hydrogen) atoms. The van der Waals surface area contributed by atoms with Crippen LogP contribution in [0.3, 0.4) is 0 Å². The minimum Gasteiger partial charge on any atom is -0.0916 e. The summed E-state index contributed by atoms with van der Waals surface area (Å²) in [6, 6.07) is 6.49. The van der Waals surface area contributed by atoms with Gasteiger partial charge < -0.3 is 0 Å².